The van der Waals surface area contributed by atoms with Crippen LogP contribution >= 0.6 is 11.6 Å². The Morgan fingerprint density at radius 1 is 0.947 bits per heavy atom. The van der Waals surface area contributed by atoms with E-state index in [-0.39, 0.29) is 30.7 Å². The van der Waals surface area contributed by atoms with Crippen molar-refractivity contribution in [3.05, 3.63) is 118 Å². The molecule has 0 saturated carbocycles. The van der Waals surface area contributed by atoms with E-state index in [4.69, 9.17) is 21.1 Å². The van der Waals surface area contributed by atoms with E-state index < -0.39 is 11.9 Å². The number of carbonyl (C=O) groups excluding carboxylic acids is 2. The van der Waals surface area contributed by atoms with Gasteiger partial charge in [0, 0.05) is 34.3 Å². The van der Waals surface area contributed by atoms with Crippen LogP contribution < -0.4 is 10.1 Å². The molecule has 38 heavy (non-hydrogen) atoms. The summed E-state index contributed by atoms with van der Waals surface area (Å²) >= 11 is 6.07. The molecule has 2 N–H and O–H groups in total. The Balaban J connectivity index is 1.41. The molecule has 5 rings (SSSR count). The first-order valence-electron chi connectivity index (χ1n) is 12.5. The van der Waals surface area contributed by atoms with E-state index >= 15 is 0 Å². The van der Waals surface area contributed by atoms with Crippen molar-refractivity contribution in [3.8, 4) is 11.5 Å². The number of phenols is 1. The molecule has 0 unspecified atom stereocenters. The quantitative estimate of drug-likeness (QED) is 0.287. The van der Waals surface area contributed by atoms with E-state index in [9.17, 15) is 14.7 Å². The largest absolute Gasteiger partial charge is 0.508 e. The van der Waals surface area contributed by atoms with Gasteiger partial charge in [-0.05, 0) is 66.8 Å². The third-order valence-electron chi connectivity index (χ3n) is 6.94. The molecular weight excluding hydrogens is 502 g/mol. The molecule has 3 aromatic rings. The van der Waals surface area contributed by atoms with Crippen molar-refractivity contribution in [2.45, 2.75) is 31.6 Å². The van der Waals surface area contributed by atoms with Gasteiger partial charge in [-0.25, -0.2) is 4.79 Å². The summed E-state index contributed by atoms with van der Waals surface area (Å²) in [7, 11) is 0. The number of Topliss-reactive ketones (excluding diaryl/α,β-unsaturated/α-hetero) is 1. The SMILES string of the molecule is CC1=C(C(=O)OCCOc2ccccc2)[C@@H](c2ccc(O)cc2)C2=C(C[C@H](c3ccc(Cl)cc3)CC2=O)N1. The van der Waals surface area contributed by atoms with Gasteiger partial charge in [-0.1, -0.05) is 54.1 Å². The van der Waals surface area contributed by atoms with Crippen LogP contribution in [0, 0.1) is 0 Å². The van der Waals surface area contributed by atoms with Gasteiger partial charge in [0.2, 0.25) is 0 Å². The molecule has 0 aromatic heterocycles. The zero-order chi connectivity index (χ0) is 26.6. The van der Waals surface area contributed by atoms with Crippen LogP contribution in [-0.2, 0) is 14.3 Å². The van der Waals surface area contributed by atoms with E-state index in [2.05, 4.69) is 5.32 Å². The van der Waals surface area contributed by atoms with Crippen LogP contribution in [0.3, 0.4) is 0 Å². The second kappa shape index (κ2) is 11.2. The molecule has 1 heterocycles. The lowest BCUT2D eigenvalue weighted by atomic mass is 9.72. The summed E-state index contributed by atoms with van der Waals surface area (Å²) in [5, 5.41) is 13.9. The number of ketones is 1. The first-order chi connectivity index (χ1) is 18.4. The molecule has 194 valence electrons. The maximum Gasteiger partial charge on any atom is 0.336 e. The topological polar surface area (TPSA) is 84.9 Å². The van der Waals surface area contributed by atoms with Crippen LogP contribution in [0.25, 0.3) is 0 Å². The number of nitrogens with one attached hydrogen (secondary N) is 1. The number of hydrogen-bond donors (Lipinski definition) is 2. The minimum atomic E-state index is -0.604. The fourth-order valence-corrected chi connectivity index (χ4v) is 5.29. The maximum atomic E-state index is 13.7. The number of benzene rings is 3. The molecule has 0 bridgehead atoms. The second-order valence-corrected chi connectivity index (χ2v) is 9.89. The van der Waals surface area contributed by atoms with E-state index in [1.54, 1.807) is 24.3 Å². The van der Waals surface area contributed by atoms with Crippen LogP contribution in [0.1, 0.15) is 42.7 Å². The van der Waals surface area contributed by atoms with Crippen molar-refractivity contribution >= 4 is 23.4 Å². The lowest BCUT2D eigenvalue weighted by Crippen LogP contribution is -2.36. The van der Waals surface area contributed by atoms with Gasteiger partial charge in [0.05, 0.1) is 5.57 Å². The Labute approximate surface area is 226 Å². The molecule has 0 amide bonds. The molecule has 2 aliphatic rings. The highest BCUT2D eigenvalue weighted by atomic mass is 35.5. The molecule has 1 aliphatic heterocycles. The average Bonchev–Trinajstić information content (AvgIpc) is 2.91. The summed E-state index contributed by atoms with van der Waals surface area (Å²) in [6, 6.07) is 23.5. The Bertz CT molecular complexity index is 1390. The minimum absolute atomic E-state index is 0.00270. The maximum absolute atomic E-state index is 13.7. The van der Waals surface area contributed by atoms with Crippen LogP contribution in [0.15, 0.2) is 101 Å². The van der Waals surface area contributed by atoms with Crippen molar-refractivity contribution in [1.82, 2.24) is 5.32 Å². The van der Waals surface area contributed by atoms with Gasteiger partial charge in [-0.15, -0.1) is 0 Å². The molecule has 0 fully saturated rings. The van der Waals surface area contributed by atoms with Gasteiger partial charge in [-0.3, -0.25) is 4.79 Å². The summed E-state index contributed by atoms with van der Waals surface area (Å²) in [6.45, 7) is 2.09. The van der Waals surface area contributed by atoms with E-state index in [0.29, 0.717) is 40.5 Å². The highest BCUT2D eigenvalue weighted by molar-refractivity contribution is 6.30. The first-order valence-corrected chi connectivity index (χ1v) is 12.9. The number of para-hydroxylation sites is 1. The van der Waals surface area contributed by atoms with Gasteiger partial charge >= 0.3 is 5.97 Å². The zero-order valence-electron chi connectivity index (χ0n) is 20.9. The fraction of sp³-hybridized carbons (Fsp3) is 0.226. The lowest BCUT2D eigenvalue weighted by molar-refractivity contribution is -0.140. The zero-order valence-corrected chi connectivity index (χ0v) is 21.7. The highest BCUT2D eigenvalue weighted by Gasteiger charge is 2.41. The number of allylic oxidation sites excluding steroid dienone is 3. The Kier molecular flexibility index (Phi) is 7.52. The van der Waals surface area contributed by atoms with Gasteiger partial charge in [0.25, 0.3) is 0 Å². The van der Waals surface area contributed by atoms with Gasteiger partial charge in [0.15, 0.2) is 5.78 Å². The Morgan fingerprint density at radius 2 is 1.63 bits per heavy atom. The van der Waals surface area contributed by atoms with Crippen molar-refractivity contribution in [1.29, 1.82) is 0 Å². The monoisotopic (exact) mass is 529 g/mol. The number of dihydropyridines is 1. The molecule has 0 spiro atoms. The summed E-state index contributed by atoms with van der Waals surface area (Å²) in [6.07, 6.45) is 0.949. The van der Waals surface area contributed by atoms with Gasteiger partial charge in [0.1, 0.15) is 24.7 Å². The van der Waals surface area contributed by atoms with Gasteiger partial charge < -0.3 is 19.9 Å². The number of esters is 1. The second-order valence-electron chi connectivity index (χ2n) is 9.46. The highest BCUT2D eigenvalue weighted by Crippen LogP contribution is 2.46. The fourth-order valence-electron chi connectivity index (χ4n) is 5.17. The van der Waals surface area contributed by atoms with Crippen molar-refractivity contribution in [3.63, 3.8) is 0 Å². The normalized spacial score (nSPS) is 19.1. The van der Waals surface area contributed by atoms with Crippen molar-refractivity contribution in [2.75, 3.05) is 13.2 Å². The molecule has 2 atom stereocenters. The molecular formula is C31H28ClNO5. The summed E-state index contributed by atoms with van der Waals surface area (Å²) in [5.41, 5.74) is 4.18. The number of rotatable bonds is 7. The number of aromatic hydroxyl groups is 1. The van der Waals surface area contributed by atoms with E-state index in [1.165, 1.54) is 0 Å². The molecule has 3 aromatic carbocycles. The number of halogens is 1. The third-order valence-corrected chi connectivity index (χ3v) is 7.20. The minimum Gasteiger partial charge on any atom is -0.508 e. The van der Waals surface area contributed by atoms with Crippen molar-refractivity contribution < 1.29 is 24.2 Å². The smallest absolute Gasteiger partial charge is 0.336 e. The number of hydrogen-bond acceptors (Lipinski definition) is 6. The Hall–Kier alpha value is -4.03. The summed E-state index contributed by atoms with van der Waals surface area (Å²) in [4.78, 5) is 27.1. The van der Waals surface area contributed by atoms with E-state index in [0.717, 1.165) is 16.8 Å². The number of ether oxygens (including phenoxy) is 2. The van der Waals surface area contributed by atoms with Crippen LogP contribution in [0.4, 0.5) is 0 Å². The van der Waals surface area contributed by atoms with E-state index in [1.807, 2.05) is 61.5 Å². The summed E-state index contributed by atoms with van der Waals surface area (Å²) < 4.78 is 11.3. The lowest BCUT2D eigenvalue weighted by Gasteiger charge is -2.36. The third kappa shape index (κ3) is 5.46. The predicted molar refractivity (Wildman–Crippen MR) is 145 cm³/mol. The molecule has 6 nitrogen and oxygen atoms in total. The molecule has 7 heteroatoms. The molecule has 0 radical (unpaired) electrons. The predicted octanol–water partition coefficient (Wildman–Crippen LogP) is 6.03. The van der Waals surface area contributed by atoms with Crippen LogP contribution in [0.5, 0.6) is 11.5 Å². The van der Waals surface area contributed by atoms with Crippen LogP contribution in [0.2, 0.25) is 5.02 Å². The van der Waals surface area contributed by atoms with Crippen molar-refractivity contribution in [2.24, 2.45) is 0 Å². The van der Waals surface area contributed by atoms with Gasteiger partial charge in [-0.2, -0.15) is 0 Å². The molecule has 0 saturated heterocycles. The Morgan fingerprint density at radius 3 is 2.34 bits per heavy atom. The number of phenolic OH excluding ortho intramolecular Hbond substituents is 1. The first kappa shape index (κ1) is 25.6. The van der Waals surface area contributed by atoms with Crippen LogP contribution in [-0.4, -0.2) is 30.1 Å². The summed E-state index contributed by atoms with van der Waals surface area (Å²) in [5.74, 6) is -0.336. The standard InChI is InChI=1S/C31H28ClNO5/c1-19-28(31(36)38-16-15-37-25-5-3-2-4-6-25)29(21-9-13-24(34)14-10-21)30-26(33-19)17-22(18-27(30)35)20-7-11-23(32)12-8-20/h2-14,22,29,33-34H,15-18H2,1H3/t22-,29+/m0/s1. The molecule has 1 aliphatic carbocycles. The average molecular weight is 530 g/mol. The number of carbonyl (C=O) groups is 2.